The van der Waals surface area contributed by atoms with Gasteiger partial charge >= 0.3 is 0 Å². The van der Waals surface area contributed by atoms with Gasteiger partial charge < -0.3 is 5.32 Å². The van der Waals surface area contributed by atoms with Crippen LogP contribution in [0.2, 0.25) is 0 Å². The summed E-state index contributed by atoms with van der Waals surface area (Å²) in [6.45, 7) is 8.86. The molecule has 0 radical (unpaired) electrons. The molecule has 0 aliphatic carbocycles. The van der Waals surface area contributed by atoms with Crippen molar-refractivity contribution in [2.75, 3.05) is 19.6 Å². The zero-order valence-electron chi connectivity index (χ0n) is 10.9. The van der Waals surface area contributed by atoms with Crippen LogP contribution in [0.4, 0.5) is 0 Å². The molecule has 1 fully saturated rings. The molecule has 0 saturated carbocycles. The third-order valence-electron chi connectivity index (χ3n) is 3.48. The van der Waals surface area contributed by atoms with Crippen LogP contribution in [-0.2, 0) is 6.42 Å². The van der Waals surface area contributed by atoms with Gasteiger partial charge in [0.1, 0.15) is 0 Å². The highest BCUT2D eigenvalue weighted by Crippen LogP contribution is 2.13. The van der Waals surface area contributed by atoms with E-state index in [1.807, 2.05) is 0 Å². The van der Waals surface area contributed by atoms with Gasteiger partial charge in [0.05, 0.1) is 0 Å². The van der Waals surface area contributed by atoms with Crippen LogP contribution in [0.1, 0.15) is 12.5 Å². The second-order valence-corrected chi connectivity index (χ2v) is 5.63. The fourth-order valence-electron chi connectivity index (χ4n) is 2.47. The summed E-state index contributed by atoms with van der Waals surface area (Å²) in [5, 5.41) is 4.33. The molecule has 1 N–H and O–H groups in total. The predicted octanol–water partition coefficient (Wildman–Crippen LogP) is 2.64. The molecule has 0 bridgehead atoms. The first-order chi connectivity index (χ1) is 8.65. The first-order valence-electron chi connectivity index (χ1n) is 6.50. The van der Waals surface area contributed by atoms with E-state index >= 15 is 0 Å². The van der Waals surface area contributed by atoms with Crippen molar-refractivity contribution in [3.05, 3.63) is 47.5 Å². The minimum Gasteiger partial charge on any atom is -0.311 e. The van der Waals surface area contributed by atoms with Crippen molar-refractivity contribution >= 4 is 11.6 Å². The van der Waals surface area contributed by atoms with Crippen molar-refractivity contribution in [2.24, 2.45) is 0 Å². The summed E-state index contributed by atoms with van der Waals surface area (Å²) in [7, 11) is 0. The van der Waals surface area contributed by atoms with Crippen LogP contribution in [0.3, 0.4) is 0 Å². The van der Waals surface area contributed by atoms with Crippen LogP contribution < -0.4 is 5.32 Å². The maximum absolute atomic E-state index is 5.93. The van der Waals surface area contributed by atoms with E-state index in [1.165, 1.54) is 5.56 Å². The molecule has 0 spiro atoms. The van der Waals surface area contributed by atoms with Gasteiger partial charge in [0, 0.05) is 36.8 Å². The fourth-order valence-corrected chi connectivity index (χ4v) is 2.62. The number of hydrogen-bond acceptors (Lipinski definition) is 2. The predicted molar refractivity (Wildman–Crippen MR) is 78.0 cm³/mol. The van der Waals surface area contributed by atoms with Crippen LogP contribution in [0.15, 0.2) is 41.9 Å². The Kier molecular flexibility index (Phi) is 4.81. The van der Waals surface area contributed by atoms with E-state index in [-0.39, 0.29) is 0 Å². The maximum Gasteiger partial charge on any atom is 0.0339 e. The molecule has 1 aromatic rings. The van der Waals surface area contributed by atoms with Crippen molar-refractivity contribution < 1.29 is 0 Å². The average Bonchev–Trinajstić information content (AvgIpc) is 2.34. The van der Waals surface area contributed by atoms with Gasteiger partial charge in [-0.2, -0.15) is 0 Å². The average molecular weight is 265 g/mol. The second kappa shape index (κ2) is 6.37. The Bertz CT molecular complexity index is 391. The molecule has 1 saturated heterocycles. The Labute approximate surface area is 115 Å². The summed E-state index contributed by atoms with van der Waals surface area (Å²) in [5.74, 6) is 0. The van der Waals surface area contributed by atoms with Crippen molar-refractivity contribution in [2.45, 2.75) is 25.4 Å². The molecule has 18 heavy (non-hydrogen) atoms. The molecule has 2 nitrogen and oxygen atoms in total. The molecule has 2 atom stereocenters. The highest BCUT2D eigenvalue weighted by Gasteiger charge is 2.24. The Balaban J connectivity index is 1.93. The third-order valence-corrected chi connectivity index (χ3v) is 3.60. The van der Waals surface area contributed by atoms with Gasteiger partial charge in [-0.25, -0.2) is 0 Å². The molecule has 1 aliphatic rings. The van der Waals surface area contributed by atoms with Crippen molar-refractivity contribution in [3.8, 4) is 0 Å². The molecule has 3 heteroatoms. The van der Waals surface area contributed by atoms with E-state index in [4.69, 9.17) is 11.6 Å². The van der Waals surface area contributed by atoms with Crippen LogP contribution in [0, 0.1) is 0 Å². The quantitative estimate of drug-likeness (QED) is 0.900. The number of benzene rings is 1. The first-order valence-corrected chi connectivity index (χ1v) is 6.87. The first kappa shape index (κ1) is 13.6. The Hall–Kier alpha value is -0.830. The smallest absolute Gasteiger partial charge is 0.0339 e. The summed E-state index contributed by atoms with van der Waals surface area (Å²) >= 11 is 5.93. The number of piperazine rings is 1. The number of rotatable bonds is 4. The van der Waals surface area contributed by atoms with E-state index in [1.54, 1.807) is 0 Å². The summed E-state index contributed by atoms with van der Waals surface area (Å²) in [4.78, 5) is 2.40. The topological polar surface area (TPSA) is 15.3 Å². The highest BCUT2D eigenvalue weighted by molar-refractivity contribution is 6.29. The lowest BCUT2D eigenvalue weighted by atomic mass is 10.0. The number of hydrogen-bond donors (Lipinski definition) is 1. The van der Waals surface area contributed by atoms with Crippen LogP contribution in [0.5, 0.6) is 0 Å². The zero-order chi connectivity index (χ0) is 13.0. The summed E-state index contributed by atoms with van der Waals surface area (Å²) in [5.41, 5.74) is 1.38. The number of nitrogens with one attached hydrogen (secondary N) is 1. The lowest BCUT2D eigenvalue weighted by Crippen LogP contribution is -2.56. The van der Waals surface area contributed by atoms with Gasteiger partial charge in [0.2, 0.25) is 0 Å². The lowest BCUT2D eigenvalue weighted by molar-refractivity contribution is 0.155. The molecule has 98 valence electrons. The highest BCUT2D eigenvalue weighted by atomic mass is 35.5. The normalized spacial score (nSPS) is 25.0. The number of nitrogens with zero attached hydrogens (tertiary/aromatic N) is 1. The molecule has 0 aromatic heterocycles. The summed E-state index contributed by atoms with van der Waals surface area (Å²) in [6, 6.07) is 11.6. The van der Waals surface area contributed by atoms with Crippen molar-refractivity contribution in [1.82, 2.24) is 10.2 Å². The summed E-state index contributed by atoms with van der Waals surface area (Å²) < 4.78 is 0. The van der Waals surface area contributed by atoms with E-state index in [2.05, 4.69) is 54.1 Å². The van der Waals surface area contributed by atoms with E-state index in [0.29, 0.717) is 12.1 Å². The SMILES string of the molecule is C=C(Cl)CN1CC(Cc2ccccc2)NCC1C. The number of halogens is 1. The summed E-state index contributed by atoms with van der Waals surface area (Å²) in [6.07, 6.45) is 1.07. The molecule has 2 rings (SSSR count). The Morgan fingerprint density at radius 2 is 2.17 bits per heavy atom. The van der Waals surface area contributed by atoms with Gasteiger partial charge in [-0.05, 0) is 18.9 Å². The van der Waals surface area contributed by atoms with Gasteiger partial charge in [-0.3, -0.25) is 4.90 Å². The molecule has 1 aliphatic heterocycles. The largest absolute Gasteiger partial charge is 0.311 e. The fraction of sp³-hybridized carbons (Fsp3) is 0.467. The van der Waals surface area contributed by atoms with Gasteiger partial charge in [-0.1, -0.05) is 48.5 Å². The second-order valence-electron chi connectivity index (χ2n) is 5.09. The van der Waals surface area contributed by atoms with E-state index < -0.39 is 0 Å². The Morgan fingerprint density at radius 1 is 1.44 bits per heavy atom. The Morgan fingerprint density at radius 3 is 2.83 bits per heavy atom. The molecule has 0 amide bonds. The minimum absolute atomic E-state index is 0.500. The third kappa shape index (κ3) is 3.84. The van der Waals surface area contributed by atoms with Gasteiger partial charge in [0.25, 0.3) is 0 Å². The maximum atomic E-state index is 5.93. The molecule has 1 heterocycles. The zero-order valence-corrected chi connectivity index (χ0v) is 11.7. The molecular formula is C15H21ClN2. The van der Waals surface area contributed by atoms with Crippen molar-refractivity contribution in [1.29, 1.82) is 0 Å². The van der Waals surface area contributed by atoms with E-state index in [9.17, 15) is 0 Å². The molecule has 2 unspecified atom stereocenters. The standard InChI is InChI=1S/C15H21ClN2/c1-12(16)10-18-11-15(17-9-13(18)2)8-14-6-4-3-5-7-14/h3-7,13,15,17H,1,8-11H2,2H3. The molecular weight excluding hydrogens is 244 g/mol. The van der Waals surface area contributed by atoms with Gasteiger partial charge in [-0.15, -0.1) is 0 Å². The molecule has 1 aromatic carbocycles. The lowest BCUT2D eigenvalue weighted by Gasteiger charge is -2.38. The minimum atomic E-state index is 0.500. The van der Waals surface area contributed by atoms with Crippen LogP contribution >= 0.6 is 11.6 Å². The van der Waals surface area contributed by atoms with Gasteiger partial charge in [0.15, 0.2) is 0 Å². The van der Waals surface area contributed by atoms with Crippen LogP contribution in [0.25, 0.3) is 0 Å². The van der Waals surface area contributed by atoms with E-state index in [0.717, 1.165) is 31.1 Å². The van der Waals surface area contributed by atoms with Crippen LogP contribution in [-0.4, -0.2) is 36.6 Å². The van der Waals surface area contributed by atoms with Crippen molar-refractivity contribution in [3.63, 3.8) is 0 Å². The monoisotopic (exact) mass is 264 g/mol.